The third kappa shape index (κ3) is 2.98. The van der Waals surface area contributed by atoms with Crippen molar-refractivity contribution in [3.05, 3.63) is 29.1 Å². The number of anilines is 1. The van der Waals surface area contributed by atoms with Gasteiger partial charge in [-0.25, -0.2) is 4.98 Å². The van der Waals surface area contributed by atoms with Gasteiger partial charge in [-0.1, -0.05) is 6.92 Å². The minimum atomic E-state index is 0.0381. The van der Waals surface area contributed by atoms with E-state index in [0.29, 0.717) is 23.1 Å². The van der Waals surface area contributed by atoms with Gasteiger partial charge in [-0.3, -0.25) is 4.79 Å². The fraction of sp³-hybridized carbons (Fsp3) is 0.400. The number of likely N-dealkylation sites (tertiary alicyclic amines) is 1. The first-order valence-electron chi connectivity index (χ1n) is 9.11. The van der Waals surface area contributed by atoms with Crippen LogP contribution in [-0.2, 0) is 0 Å². The van der Waals surface area contributed by atoms with Gasteiger partial charge in [0.15, 0.2) is 0 Å². The SMILES string of the molecule is CCOc1ccc2nc3sc(C(=O)N4CCC[C@H](C)C4)c(N)c3cc2c1. The molecule has 3 aromatic rings. The van der Waals surface area contributed by atoms with Crippen LogP contribution in [0.4, 0.5) is 5.69 Å². The molecule has 1 saturated heterocycles. The summed E-state index contributed by atoms with van der Waals surface area (Å²) in [7, 11) is 0. The summed E-state index contributed by atoms with van der Waals surface area (Å²) in [4.78, 5) is 21.1. The molecule has 1 aliphatic rings. The van der Waals surface area contributed by atoms with Crippen LogP contribution in [-0.4, -0.2) is 35.5 Å². The molecule has 0 radical (unpaired) electrons. The summed E-state index contributed by atoms with van der Waals surface area (Å²) in [6, 6.07) is 7.85. The zero-order valence-electron chi connectivity index (χ0n) is 15.1. The monoisotopic (exact) mass is 369 g/mol. The molecule has 0 saturated carbocycles. The number of nitrogens with two attached hydrogens (primary N) is 1. The third-order valence-corrected chi connectivity index (χ3v) is 6.04. The predicted molar refractivity (Wildman–Crippen MR) is 107 cm³/mol. The summed E-state index contributed by atoms with van der Waals surface area (Å²) < 4.78 is 5.57. The van der Waals surface area contributed by atoms with E-state index < -0.39 is 0 Å². The zero-order valence-corrected chi connectivity index (χ0v) is 15.9. The summed E-state index contributed by atoms with van der Waals surface area (Å²) in [6.45, 7) is 6.39. The van der Waals surface area contributed by atoms with E-state index in [1.807, 2.05) is 36.1 Å². The number of carbonyl (C=O) groups excluding carboxylic acids is 1. The Morgan fingerprint density at radius 1 is 1.42 bits per heavy atom. The number of thiophene rings is 1. The van der Waals surface area contributed by atoms with Gasteiger partial charge in [-0.2, -0.15) is 0 Å². The van der Waals surface area contributed by atoms with E-state index in [9.17, 15) is 4.79 Å². The molecule has 0 spiro atoms. The number of pyridine rings is 1. The number of hydrogen-bond donors (Lipinski definition) is 1. The Hall–Kier alpha value is -2.34. The van der Waals surface area contributed by atoms with E-state index in [0.717, 1.165) is 46.4 Å². The number of ether oxygens (including phenoxy) is 1. The number of aromatic nitrogens is 1. The van der Waals surface area contributed by atoms with Crippen molar-refractivity contribution in [2.75, 3.05) is 25.4 Å². The van der Waals surface area contributed by atoms with Crippen LogP contribution >= 0.6 is 11.3 Å². The van der Waals surface area contributed by atoms with Crippen LogP contribution in [0.1, 0.15) is 36.4 Å². The molecule has 2 N–H and O–H groups in total. The molecular weight excluding hydrogens is 346 g/mol. The highest BCUT2D eigenvalue weighted by atomic mass is 32.1. The minimum Gasteiger partial charge on any atom is -0.494 e. The molecule has 1 aromatic carbocycles. The molecule has 1 atom stereocenters. The first kappa shape index (κ1) is 17.1. The highest BCUT2D eigenvalue weighted by molar-refractivity contribution is 7.21. The van der Waals surface area contributed by atoms with E-state index >= 15 is 0 Å². The number of carbonyl (C=O) groups is 1. The molecule has 0 bridgehead atoms. The first-order valence-corrected chi connectivity index (χ1v) is 9.93. The van der Waals surface area contributed by atoms with Crippen molar-refractivity contribution in [2.45, 2.75) is 26.7 Å². The molecule has 4 rings (SSSR count). The number of nitrogens with zero attached hydrogens (tertiary/aromatic N) is 2. The number of benzene rings is 1. The van der Waals surface area contributed by atoms with Crippen molar-refractivity contribution >= 4 is 44.1 Å². The molecule has 2 aromatic heterocycles. The van der Waals surface area contributed by atoms with Gasteiger partial charge in [0, 0.05) is 23.9 Å². The zero-order chi connectivity index (χ0) is 18.3. The summed E-state index contributed by atoms with van der Waals surface area (Å²) in [6.07, 6.45) is 2.24. The van der Waals surface area contributed by atoms with Crippen LogP contribution in [0.2, 0.25) is 0 Å². The topological polar surface area (TPSA) is 68.5 Å². The molecular formula is C20H23N3O2S. The van der Waals surface area contributed by atoms with Crippen molar-refractivity contribution in [3.63, 3.8) is 0 Å². The van der Waals surface area contributed by atoms with Crippen LogP contribution in [0.3, 0.4) is 0 Å². The van der Waals surface area contributed by atoms with Crippen LogP contribution in [0, 0.1) is 5.92 Å². The van der Waals surface area contributed by atoms with Gasteiger partial charge in [0.25, 0.3) is 5.91 Å². The Kier molecular flexibility index (Phi) is 4.44. The summed E-state index contributed by atoms with van der Waals surface area (Å²) in [5.74, 6) is 1.39. The van der Waals surface area contributed by atoms with Crippen LogP contribution in [0.25, 0.3) is 21.1 Å². The molecule has 3 heterocycles. The van der Waals surface area contributed by atoms with Gasteiger partial charge in [-0.15, -0.1) is 11.3 Å². The van der Waals surface area contributed by atoms with E-state index in [4.69, 9.17) is 15.5 Å². The quantitative estimate of drug-likeness (QED) is 0.747. The van der Waals surface area contributed by atoms with E-state index in [1.165, 1.54) is 17.8 Å². The van der Waals surface area contributed by atoms with Gasteiger partial charge >= 0.3 is 0 Å². The second-order valence-electron chi connectivity index (χ2n) is 6.97. The van der Waals surface area contributed by atoms with Gasteiger partial charge in [0.2, 0.25) is 0 Å². The molecule has 26 heavy (non-hydrogen) atoms. The van der Waals surface area contributed by atoms with Crippen molar-refractivity contribution in [1.29, 1.82) is 0 Å². The highest BCUT2D eigenvalue weighted by Crippen LogP contribution is 2.36. The Balaban J connectivity index is 1.75. The summed E-state index contributed by atoms with van der Waals surface area (Å²) in [5.41, 5.74) is 7.79. The average molecular weight is 369 g/mol. The molecule has 136 valence electrons. The molecule has 0 unspecified atom stereocenters. The fourth-order valence-corrected chi connectivity index (χ4v) is 4.67. The predicted octanol–water partition coefficient (Wildman–Crippen LogP) is 4.30. The minimum absolute atomic E-state index is 0.0381. The van der Waals surface area contributed by atoms with E-state index in [2.05, 4.69) is 6.92 Å². The Labute approximate surface area is 156 Å². The smallest absolute Gasteiger partial charge is 0.266 e. The number of hydrogen-bond acceptors (Lipinski definition) is 5. The Morgan fingerprint density at radius 3 is 3.04 bits per heavy atom. The van der Waals surface area contributed by atoms with Crippen molar-refractivity contribution in [2.24, 2.45) is 5.92 Å². The number of nitrogen functional groups attached to an aromatic ring is 1. The lowest BCUT2D eigenvalue weighted by molar-refractivity contribution is 0.0689. The van der Waals surface area contributed by atoms with Gasteiger partial charge in [0.1, 0.15) is 15.5 Å². The molecule has 1 aliphatic heterocycles. The molecule has 5 nitrogen and oxygen atoms in total. The Morgan fingerprint density at radius 2 is 2.27 bits per heavy atom. The molecule has 1 fully saturated rings. The van der Waals surface area contributed by atoms with Crippen molar-refractivity contribution < 1.29 is 9.53 Å². The second-order valence-corrected chi connectivity index (χ2v) is 7.97. The average Bonchev–Trinajstić information content (AvgIpc) is 2.95. The first-order chi connectivity index (χ1) is 12.6. The molecule has 1 amide bonds. The van der Waals surface area contributed by atoms with Gasteiger partial charge < -0.3 is 15.4 Å². The van der Waals surface area contributed by atoms with Crippen LogP contribution < -0.4 is 10.5 Å². The highest BCUT2D eigenvalue weighted by Gasteiger charge is 2.26. The summed E-state index contributed by atoms with van der Waals surface area (Å²) in [5, 5.41) is 1.82. The maximum atomic E-state index is 13.0. The second kappa shape index (κ2) is 6.76. The Bertz CT molecular complexity index is 982. The van der Waals surface area contributed by atoms with E-state index in [1.54, 1.807) is 0 Å². The molecule has 0 aliphatic carbocycles. The normalized spacial score (nSPS) is 17.8. The van der Waals surface area contributed by atoms with Gasteiger partial charge in [-0.05, 0) is 49.9 Å². The summed E-state index contributed by atoms with van der Waals surface area (Å²) >= 11 is 1.40. The van der Waals surface area contributed by atoms with Crippen LogP contribution in [0.5, 0.6) is 5.75 Å². The van der Waals surface area contributed by atoms with Crippen molar-refractivity contribution in [3.8, 4) is 5.75 Å². The third-order valence-electron chi connectivity index (χ3n) is 4.93. The molecule has 6 heteroatoms. The lowest BCUT2D eigenvalue weighted by atomic mass is 10.00. The van der Waals surface area contributed by atoms with Gasteiger partial charge in [0.05, 0.1) is 17.8 Å². The number of piperidine rings is 1. The number of fused-ring (bicyclic) bond motifs is 2. The lowest BCUT2D eigenvalue weighted by Crippen LogP contribution is -2.38. The standard InChI is InChI=1S/C20H23N3O2S/c1-3-25-14-6-7-16-13(9-14)10-15-17(21)18(26-19(15)22-16)20(24)23-8-4-5-12(2)11-23/h6-7,9-10,12H,3-5,8,11,21H2,1-2H3/t12-/m0/s1. The van der Waals surface area contributed by atoms with E-state index in [-0.39, 0.29) is 5.91 Å². The largest absolute Gasteiger partial charge is 0.494 e. The maximum Gasteiger partial charge on any atom is 0.266 e. The number of rotatable bonds is 3. The van der Waals surface area contributed by atoms with Crippen LogP contribution in [0.15, 0.2) is 24.3 Å². The maximum absolute atomic E-state index is 13.0. The fourth-order valence-electron chi connectivity index (χ4n) is 3.61. The van der Waals surface area contributed by atoms with Crippen molar-refractivity contribution in [1.82, 2.24) is 9.88 Å². The lowest BCUT2D eigenvalue weighted by Gasteiger charge is -2.30. The number of amides is 1.